The Morgan fingerprint density at radius 3 is 2.77 bits per heavy atom. The first-order chi connectivity index (χ1) is 10.5. The number of hydrogen-bond acceptors (Lipinski definition) is 5. The molecule has 1 unspecified atom stereocenters. The summed E-state index contributed by atoms with van der Waals surface area (Å²) in [6, 6.07) is 2.68. The Bertz CT molecular complexity index is 795. The number of nitrogens with one attached hydrogen (secondary N) is 1. The molecule has 22 heavy (non-hydrogen) atoms. The van der Waals surface area contributed by atoms with E-state index in [-0.39, 0.29) is 23.8 Å². The third kappa shape index (κ3) is 2.18. The lowest BCUT2D eigenvalue weighted by Crippen LogP contribution is -2.41. The minimum atomic E-state index is -0.546. The van der Waals surface area contributed by atoms with Crippen LogP contribution in [0.15, 0.2) is 24.5 Å². The van der Waals surface area contributed by atoms with Gasteiger partial charge in [0.15, 0.2) is 5.75 Å². The first kappa shape index (κ1) is 14.1. The highest BCUT2D eigenvalue weighted by molar-refractivity contribution is 6.00. The Hall–Kier alpha value is -2.90. The molecule has 1 saturated heterocycles. The molecule has 1 N–H and O–H groups in total. The normalized spacial score (nSPS) is 18.3. The summed E-state index contributed by atoms with van der Waals surface area (Å²) < 4.78 is 6.64. The molecule has 8 heteroatoms. The van der Waals surface area contributed by atoms with Crippen molar-refractivity contribution in [2.24, 2.45) is 0 Å². The van der Waals surface area contributed by atoms with Gasteiger partial charge in [0.25, 0.3) is 0 Å². The van der Waals surface area contributed by atoms with Gasteiger partial charge in [0, 0.05) is 24.2 Å². The Balaban J connectivity index is 2.10. The molecule has 0 spiro atoms. The monoisotopic (exact) mass is 303 g/mol. The van der Waals surface area contributed by atoms with E-state index in [1.807, 2.05) is 0 Å². The fraction of sp³-hybridized carbons (Fsp3) is 0.286. The molecule has 2 amide bonds. The van der Waals surface area contributed by atoms with Gasteiger partial charge in [0.2, 0.25) is 11.8 Å². The lowest BCUT2D eigenvalue weighted by Gasteiger charge is -2.21. The number of nitro benzene ring substituents is 1. The summed E-state index contributed by atoms with van der Waals surface area (Å²) in [4.78, 5) is 33.9. The summed E-state index contributed by atoms with van der Waals surface area (Å²) in [6.45, 7) is 0. The van der Waals surface area contributed by atoms with Gasteiger partial charge in [0.05, 0.1) is 17.4 Å². The number of aromatic nitrogens is 1. The van der Waals surface area contributed by atoms with Crippen molar-refractivity contribution >= 4 is 28.3 Å². The van der Waals surface area contributed by atoms with Crippen molar-refractivity contribution in [3.63, 3.8) is 0 Å². The van der Waals surface area contributed by atoms with Gasteiger partial charge in [-0.1, -0.05) is 0 Å². The molecule has 0 radical (unpaired) electrons. The molecule has 0 saturated carbocycles. The summed E-state index contributed by atoms with van der Waals surface area (Å²) >= 11 is 0. The van der Waals surface area contributed by atoms with Crippen LogP contribution in [0.1, 0.15) is 18.9 Å². The van der Waals surface area contributed by atoms with Gasteiger partial charge in [-0.05, 0) is 18.6 Å². The lowest BCUT2D eigenvalue weighted by molar-refractivity contribution is -0.383. The van der Waals surface area contributed by atoms with Crippen LogP contribution >= 0.6 is 0 Å². The molecule has 2 aromatic rings. The standard InChI is InChI=1S/C14H13N3O5/c1-22-11-4-2-8-6-16(7-9(8)13(11)17(20)21)10-3-5-12(18)15-14(10)19/h2,4,6-7,10H,3,5H2,1H3,(H,15,18,19). The number of methoxy groups -OCH3 is 1. The second-order valence-corrected chi connectivity index (χ2v) is 5.05. The first-order valence-electron chi connectivity index (χ1n) is 6.67. The van der Waals surface area contributed by atoms with Crippen molar-refractivity contribution in [2.45, 2.75) is 18.9 Å². The van der Waals surface area contributed by atoms with E-state index < -0.39 is 16.9 Å². The zero-order chi connectivity index (χ0) is 15.9. The number of carbonyl (C=O) groups is 2. The van der Waals surface area contributed by atoms with Crippen molar-refractivity contribution in [3.05, 3.63) is 34.6 Å². The van der Waals surface area contributed by atoms with E-state index in [2.05, 4.69) is 5.32 Å². The highest BCUT2D eigenvalue weighted by Crippen LogP contribution is 2.36. The van der Waals surface area contributed by atoms with Crippen molar-refractivity contribution in [3.8, 4) is 5.75 Å². The third-order valence-electron chi connectivity index (χ3n) is 3.75. The number of ether oxygens (including phenoxy) is 1. The predicted molar refractivity (Wildman–Crippen MR) is 76.6 cm³/mol. The quantitative estimate of drug-likeness (QED) is 0.526. The zero-order valence-corrected chi connectivity index (χ0v) is 11.7. The highest BCUT2D eigenvalue weighted by atomic mass is 16.6. The van der Waals surface area contributed by atoms with Crippen molar-refractivity contribution < 1.29 is 19.2 Å². The molecular formula is C14H13N3O5. The molecule has 0 aliphatic carbocycles. The van der Waals surface area contributed by atoms with Crippen molar-refractivity contribution in [2.75, 3.05) is 7.11 Å². The number of piperidine rings is 1. The SMILES string of the molecule is COc1ccc2cn(C3CCC(=O)NC3=O)cc2c1[N+](=O)[O-]. The molecule has 1 atom stereocenters. The lowest BCUT2D eigenvalue weighted by atomic mass is 10.1. The second kappa shape index (κ2) is 5.14. The smallest absolute Gasteiger partial charge is 0.320 e. The molecule has 1 aromatic carbocycles. The number of imide groups is 1. The molecule has 1 aliphatic rings. The van der Waals surface area contributed by atoms with E-state index >= 15 is 0 Å². The number of rotatable bonds is 3. The van der Waals surface area contributed by atoms with Gasteiger partial charge in [0.1, 0.15) is 6.04 Å². The molecular weight excluding hydrogens is 290 g/mol. The van der Waals surface area contributed by atoms with E-state index in [1.165, 1.54) is 13.2 Å². The molecule has 1 fully saturated rings. The Morgan fingerprint density at radius 1 is 1.36 bits per heavy atom. The van der Waals surface area contributed by atoms with Crippen molar-refractivity contribution in [1.82, 2.24) is 9.88 Å². The summed E-state index contributed by atoms with van der Waals surface area (Å²) in [5.41, 5.74) is -0.133. The molecule has 2 heterocycles. The second-order valence-electron chi connectivity index (χ2n) is 5.05. The van der Waals surface area contributed by atoms with Crippen LogP contribution in [0.5, 0.6) is 5.75 Å². The summed E-state index contributed by atoms with van der Waals surface area (Å²) in [6.07, 6.45) is 3.84. The Labute approximate surface area is 124 Å². The van der Waals surface area contributed by atoms with Crippen LogP contribution in [0.25, 0.3) is 10.8 Å². The third-order valence-corrected chi connectivity index (χ3v) is 3.75. The first-order valence-corrected chi connectivity index (χ1v) is 6.67. The molecule has 0 bridgehead atoms. The van der Waals surface area contributed by atoms with Crippen LogP contribution in [0.3, 0.4) is 0 Å². The predicted octanol–water partition coefficient (Wildman–Crippen LogP) is 1.54. The summed E-state index contributed by atoms with van der Waals surface area (Å²) in [7, 11) is 1.37. The minimum absolute atomic E-state index is 0.133. The van der Waals surface area contributed by atoms with Crippen LogP contribution in [-0.4, -0.2) is 28.4 Å². The van der Waals surface area contributed by atoms with E-state index in [4.69, 9.17) is 4.74 Å². The number of nitro groups is 1. The minimum Gasteiger partial charge on any atom is -0.490 e. The average Bonchev–Trinajstić information content (AvgIpc) is 2.89. The van der Waals surface area contributed by atoms with Crippen LogP contribution < -0.4 is 10.1 Å². The largest absolute Gasteiger partial charge is 0.490 e. The molecule has 114 valence electrons. The van der Waals surface area contributed by atoms with Gasteiger partial charge in [-0.25, -0.2) is 0 Å². The highest BCUT2D eigenvalue weighted by Gasteiger charge is 2.29. The number of benzene rings is 1. The fourth-order valence-corrected chi connectivity index (χ4v) is 2.70. The van der Waals surface area contributed by atoms with Gasteiger partial charge in [-0.2, -0.15) is 0 Å². The number of carbonyl (C=O) groups excluding carboxylic acids is 2. The number of amides is 2. The van der Waals surface area contributed by atoms with Crippen LogP contribution in [0.2, 0.25) is 0 Å². The van der Waals surface area contributed by atoms with Gasteiger partial charge in [-0.3, -0.25) is 25.0 Å². The number of nitrogens with zero attached hydrogens (tertiary/aromatic N) is 2. The molecule has 8 nitrogen and oxygen atoms in total. The maximum absolute atomic E-state index is 11.9. The summed E-state index contributed by atoms with van der Waals surface area (Å²) in [5.74, 6) is -0.532. The van der Waals surface area contributed by atoms with E-state index in [1.54, 1.807) is 23.0 Å². The van der Waals surface area contributed by atoms with Crippen LogP contribution in [-0.2, 0) is 9.59 Å². The molecule has 1 aliphatic heterocycles. The van der Waals surface area contributed by atoms with Crippen molar-refractivity contribution in [1.29, 1.82) is 0 Å². The maximum atomic E-state index is 11.9. The molecule has 1 aromatic heterocycles. The zero-order valence-electron chi connectivity index (χ0n) is 11.7. The van der Waals surface area contributed by atoms with Gasteiger partial charge < -0.3 is 9.30 Å². The average molecular weight is 303 g/mol. The molecule has 3 rings (SSSR count). The van der Waals surface area contributed by atoms with E-state index in [0.717, 1.165) is 0 Å². The summed E-state index contributed by atoms with van der Waals surface area (Å²) in [5, 5.41) is 14.6. The topological polar surface area (TPSA) is 103 Å². The number of hydrogen-bond donors (Lipinski definition) is 1. The Morgan fingerprint density at radius 2 is 2.14 bits per heavy atom. The van der Waals surface area contributed by atoms with Gasteiger partial charge >= 0.3 is 5.69 Å². The van der Waals surface area contributed by atoms with E-state index in [9.17, 15) is 19.7 Å². The van der Waals surface area contributed by atoms with Crippen LogP contribution in [0.4, 0.5) is 5.69 Å². The Kier molecular flexibility index (Phi) is 3.28. The maximum Gasteiger partial charge on any atom is 0.320 e. The van der Waals surface area contributed by atoms with Gasteiger partial charge in [-0.15, -0.1) is 0 Å². The van der Waals surface area contributed by atoms with Crippen LogP contribution in [0, 0.1) is 10.1 Å². The fourth-order valence-electron chi connectivity index (χ4n) is 2.70. The number of fused-ring (bicyclic) bond motifs is 1. The van der Waals surface area contributed by atoms with E-state index in [0.29, 0.717) is 17.2 Å².